The molecule has 20 heavy (non-hydrogen) atoms. The second kappa shape index (κ2) is 5.54. The topological polar surface area (TPSA) is 110 Å². The Bertz CT molecular complexity index is 623. The first-order valence-corrected chi connectivity index (χ1v) is 5.93. The monoisotopic (exact) mass is 272 g/mol. The lowest BCUT2D eigenvalue weighted by molar-refractivity contribution is 0.0954. The smallest absolute Gasteiger partial charge is 0.267 e. The van der Waals surface area contributed by atoms with E-state index in [1.165, 1.54) is 0 Å². The van der Waals surface area contributed by atoms with Gasteiger partial charge in [-0.1, -0.05) is 6.07 Å². The van der Waals surface area contributed by atoms with Crippen molar-refractivity contribution in [3.8, 4) is 11.1 Å². The van der Waals surface area contributed by atoms with Gasteiger partial charge in [-0.25, -0.2) is 15.8 Å². The van der Waals surface area contributed by atoms with E-state index in [1.807, 2.05) is 14.1 Å². The van der Waals surface area contributed by atoms with Crippen LogP contribution in [0.15, 0.2) is 30.6 Å². The van der Waals surface area contributed by atoms with E-state index in [0.717, 1.165) is 11.1 Å². The predicted octanol–water partition coefficient (Wildman–Crippen LogP) is 0.395. The molecule has 0 spiro atoms. The standard InChI is InChI=1S/C13H16N6O/c1-19(2)13-16-6-9(7-17-13)8-3-4-11(14)10(5-8)12(20)18-15/h3-7H,14-15H2,1-2H3,(H,18,20). The molecular formula is C13H16N6O. The molecule has 2 aromatic rings. The minimum Gasteiger partial charge on any atom is -0.398 e. The van der Waals surface area contributed by atoms with Crippen LogP contribution in [-0.4, -0.2) is 30.0 Å². The summed E-state index contributed by atoms with van der Waals surface area (Å²) in [6, 6.07) is 5.11. The highest BCUT2D eigenvalue weighted by Gasteiger charge is 2.10. The third-order valence-corrected chi connectivity index (χ3v) is 2.80. The zero-order valence-corrected chi connectivity index (χ0v) is 11.3. The van der Waals surface area contributed by atoms with Crippen LogP contribution in [0.2, 0.25) is 0 Å². The third kappa shape index (κ3) is 2.67. The number of nitrogens with two attached hydrogens (primary N) is 2. The maximum Gasteiger partial charge on any atom is 0.267 e. The third-order valence-electron chi connectivity index (χ3n) is 2.80. The number of hydrazine groups is 1. The van der Waals surface area contributed by atoms with Crippen LogP contribution in [-0.2, 0) is 0 Å². The van der Waals surface area contributed by atoms with Gasteiger partial charge in [0, 0.05) is 37.7 Å². The Labute approximate surface area is 116 Å². The largest absolute Gasteiger partial charge is 0.398 e. The number of nitrogen functional groups attached to an aromatic ring is 2. The lowest BCUT2D eigenvalue weighted by Crippen LogP contribution is -2.30. The van der Waals surface area contributed by atoms with Crippen molar-refractivity contribution < 1.29 is 4.79 Å². The SMILES string of the molecule is CN(C)c1ncc(-c2ccc(N)c(C(=O)NN)c2)cn1. The van der Waals surface area contributed by atoms with Crippen LogP contribution in [0.25, 0.3) is 11.1 Å². The minimum absolute atomic E-state index is 0.321. The second-order valence-electron chi connectivity index (χ2n) is 4.44. The van der Waals surface area contributed by atoms with E-state index in [9.17, 15) is 4.79 Å². The number of nitrogens with zero attached hydrogens (tertiary/aromatic N) is 3. The van der Waals surface area contributed by atoms with Crippen molar-refractivity contribution in [2.75, 3.05) is 24.7 Å². The zero-order valence-electron chi connectivity index (χ0n) is 11.3. The van der Waals surface area contributed by atoms with Crippen LogP contribution < -0.4 is 21.9 Å². The molecule has 1 aromatic carbocycles. The fraction of sp³-hybridized carbons (Fsp3) is 0.154. The second-order valence-corrected chi connectivity index (χ2v) is 4.44. The molecule has 1 amide bonds. The van der Waals surface area contributed by atoms with Gasteiger partial charge in [-0.2, -0.15) is 0 Å². The van der Waals surface area contributed by atoms with Gasteiger partial charge in [-0.3, -0.25) is 10.2 Å². The predicted molar refractivity (Wildman–Crippen MR) is 77.9 cm³/mol. The summed E-state index contributed by atoms with van der Waals surface area (Å²) in [4.78, 5) is 21.9. The number of rotatable bonds is 3. The van der Waals surface area contributed by atoms with Crippen LogP contribution in [0.4, 0.5) is 11.6 Å². The lowest BCUT2D eigenvalue weighted by atomic mass is 10.0. The molecule has 0 saturated carbocycles. The van der Waals surface area contributed by atoms with Crippen molar-refractivity contribution in [1.82, 2.24) is 15.4 Å². The molecule has 1 heterocycles. The van der Waals surface area contributed by atoms with E-state index in [-0.39, 0.29) is 0 Å². The summed E-state index contributed by atoms with van der Waals surface area (Å²) in [7, 11) is 3.73. The number of benzene rings is 1. The fourth-order valence-corrected chi connectivity index (χ4v) is 1.71. The highest BCUT2D eigenvalue weighted by molar-refractivity contribution is 6.00. The Hall–Kier alpha value is -2.67. The summed E-state index contributed by atoms with van der Waals surface area (Å²) in [5.41, 5.74) is 10.1. The van der Waals surface area contributed by atoms with Crippen molar-refractivity contribution in [1.29, 1.82) is 0 Å². The van der Waals surface area contributed by atoms with Gasteiger partial charge < -0.3 is 10.6 Å². The highest BCUT2D eigenvalue weighted by Crippen LogP contribution is 2.23. The molecule has 0 atom stereocenters. The summed E-state index contributed by atoms with van der Waals surface area (Å²) in [5.74, 6) is 5.31. The molecule has 0 saturated heterocycles. The normalized spacial score (nSPS) is 10.2. The molecule has 0 aliphatic rings. The van der Waals surface area contributed by atoms with E-state index >= 15 is 0 Å². The Kier molecular flexibility index (Phi) is 3.81. The minimum atomic E-state index is -0.435. The van der Waals surface area contributed by atoms with Crippen LogP contribution in [0.1, 0.15) is 10.4 Å². The van der Waals surface area contributed by atoms with E-state index in [4.69, 9.17) is 11.6 Å². The first-order valence-electron chi connectivity index (χ1n) is 5.93. The van der Waals surface area contributed by atoms with Crippen molar-refractivity contribution in [2.45, 2.75) is 0 Å². The summed E-state index contributed by atoms with van der Waals surface area (Å²) in [5, 5.41) is 0. The van der Waals surface area contributed by atoms with Crippen LogP contribution in [0, 0.1) is 0 Å². The van der Waals surface area contributed by atoms with E-state index < -0.39 is 5.91 Å². The highest BCUT2D eigenvalue weighted by atomic mass is 16.2. The number of anilines is 2. The van der Waals surface area contributed by atoms with Gasteiger partial charge >= 0.3 is 0 Å². The molecule has 0 aliphatic heterocycles. The molecule has 0 aliphatic carbocycles. The number of carbonyl (C=O) groups excluding carboxylic acids is 1. The quantitative estimate of drug-likeness (QED) is 0.323. The molecule has 2 rings (SSSR count). The number of hydrogen-bond donors (Lipinski definition) is 3. The molecule has 7 heteroatoms. The summed E-state index contributed by atoms with van der Waals surface area (Å²) in [6.07, 6.45) is 3.38. The number of carbonyl (C=O) groups is 1. The number of hydrogen-bond acceptors (Lipinski definition) is 6. The summed E-state index contributed by atoms with van der Waals surface area (Å²) < 4.78 is 0. The van der Waals surface area contributed by atoms with Crippen molar-refractivity contribution in [3.05, 3.63) is 36.2 Å². The molecule has 104 valence electrons. The van der Waals surface area contributed by atoms with Gasteiger partial charge in [0.1, 0.15) is 0 Å². The van der Waals surface area contributed by atoms with Gasteiger partial charge in [-0.05, 0) is 17.7 Å². The Morgan fingerprint density at radius 3 is 2.40 bits per heavy atom. The molecule has 0 unspecified atom stereocenters. The molecule has 0 fully saturated rings. The van der Waals surface area contributed by atoms with Crippen molar-refractivity contribution in [3.63, 3.8) is 0 Å². The molecule has 1 aromatic heterocycles. The van der Waals surface area contributed by atoms with Crippen molar-refractivity contribution in [2.24, 2.45) is 5.84 Å². The van der Waals surface area contributed by atoms with E-state index in [1.54, 1.807) is 35.5 Å². The first kappa shape index (κ1) is 13.8. The molecule has 0 bridgehead atoms. The van der Waals surface area contributed by atoms with Gasteiger partial charge in [-0.15, -0.1) is 0 Å². The molecule has 0 radical (unpaired) electrons. The van der Waals surface area contributed by atoms with Crippen LogP contribution in [0.5, 0.6) is 0 Å². The maximum atomic E-state index is 11.6. The fourth-order valence-electron chi connectivity index (χ4n) is 1.71. The van der Waals surface area contributed by atoms with Crippen molar-refractivity contribution >= 4 is 17.5 Å². The Balaban J connectivity index is 2.40. The summed E-state index contributed by atoms with van der Waals surface area (Å²) in [6.45, 7) is 0. The number of amides is 1. The Morgan fingerprint density at radius 2 is 1.85 bits per heavy atom. The number of nitrogens with one attached hydrogen (secondary N) is 1. The summed E-state index contributed by atoms with van der Waals surface area (Å²) >= 11 is 0. The Morgan fingerprint density at radius 1 is 1.20 bits per heavy atom. The van der Waals surface area contributed by atoms with Crippen LogP contribution >= 0.6 is 0 Å². The molecule has 7 nitrogen and oxygen atoms in total. The van der Waals surface area contributed by atoms with E-state index in [0.29, 0.717) is 17.2 Å². The van der Waals surface area contributed by atoms with E-state index in [2.05, 4.69) is 15.4 Å². The van der Waals surface area contributed by atoms with Gasteiger partial charge in [0.25, 0.3) is 5.91 Å². The average Bonchev–Trinajstić information content (AvgIpc) is 2.47. The van der Waals surface area contributed by atoms with Gasteiger partial charge in [0.2, 0.25) is 5.95 Å². The number of aromatic nitrogens is 2. The van der Waals surface area contributed by atoms with Gasteiger partial charge in [0.15, 0.2) is 0 Å². The first-order chi connectivity index (χ1) is 9.52. The maximum absolute atomic E-state index is 11.6. The lowest BCUT2D eigenvalue weighted by Gasteiger charge is -2.11. The molecular weight excluding hydrogens is 256 g/mol. The van der Waals surface area contributed by atoms with Gasteiger partial charge in [0.05, 0.1) is 5.56 Å². The molecule has 5 N–H and O–H groups in total. The average molecular weight is 272 g/mol. The van der Waals surface area contributed by atoms with Crippen LogP contribution in [0.3, 0.4) is 0 Å². The zero-order chi connectivity index (χ0) is 14.7.